The van der Waals surface area contributed by atoms with Crippen LogP contribution in [-0.2, 0) is 6.61 Å². The summed E-state index contributed by atoms with van der Waals surface area (Å²) < 4.78 is 12.0. The SMILES string of the molecule is Clc1cccc(OCc2nnc(-c3ccccc3Br)o2)c1Cl. The lowest BCUT2D eigenvalue weighted by atomic mass is 10.2. The molecule has 1 aromatic heterocycles. The average molecular weight is 400 g/mol. The molecule has 0 aliphatic rings. The van der Waals surface area contributed by atoms with E-state index in [-0.39, 0.29) is 6.61 Å². The summed E-state index contributed by atoms with van der Waals surface area (Å²) >= 11 is 15.4. The summed E-state index contributed by atoms with van der Waals surface area (Å²) in [5.41, 5.74) is 0.821. The monoisotopic (exact) mass is 398 g/mol. The van der Waals surface area contributed by atoms with E-state index in [2.05, 4.69) is 26.1 Å². The number of hydrogen-bond acceptors (Lipinski definition) is 4. The van der Waals surface area contributed by atoms with Gasteiger partial charge in [-0.05, 0) is 40.2 Å². The Labute approximate surface area is 145 Å². The predicted molar refractivity (Wildman–Crippen MR) is 88.2 cm³/mol. The molecule has 112 valence electrons. The zero-order valence-electron chi connectivity index (χ0n) is 11.1. The Morgan fingerprint density at radius 3 is 2.68 bits per heavy atom. The van der Waals surface area contributed by atoms with Gasteiger partial charge in [0.1, 0.15) is 10.8 Å². The third-order valence-corrected chi connectivity index (χ3v) is 4.33. The van der Waals surface area contributed by atoms with Crippen LogP contribution in [0.2, 0.25) is 10.0 Å². The van der Waals surface area contributed by atoms with Gasteiger partial charge >= 0.3 is 0 Å². The van der Waals surface area contributed by atoms with Crippen LogP contribution in [-0.4, -0.2) is 10.2 Å². The Hall–Kier alpha value is -1.56. The van der Waals surface area contributed by atoms with E-state index in [0.29, 0.717) is 27.6 Å². The van der Waals surface area contributed by atoms with Gasteiger partial charge in [-0.3, -0.25) is 0 Å². The van der Waals surface area contributed by atoms with Crippen molar-refractivity contribution in [3.63, 3.8) is 0 Å². The average Bonchev–Trinajstić information content (AvgIpc) is 2.98. The van der Waals surface area contributed by atoms with Crippen LogP contribution in [0.5, 0.6) is 5.75 Å². The van der Waals surface area contributed by atoms with Gasteiger partial charge < -0.3 is 9.15 Å². The van der Waals surface area contributed by atoms with Crippen LogP contribution in [0.4, 0.5) is 0 Å². The third kappa shape index (κ3) is 3.27. The van der Waals surface area contributed by atoms with Crippen molar-refractivity contribution in [2.24, 2.45) is 0 Å². The molecule has 0 bridgehead atoms. The zero-order valence-corrected chi connectivity index (χ0v) is 14.2. The van der Waals surface area contributed by atoms with E-state index in [9.17, 15) is 0 Å². The summed E-state index contributed by atoms with van der Waals surface area (Å²) in [4.78, 5) is 0. The van der Waals surface area contributed by atoms with E-state index in [1.807, 2.05) is 24.3 Å². The lowest BCUT2D eigenvalue weighted by Crippen LogP contribution is -1.96. The fourth-order valence-electron chi connectivity index (χ4n) is 1.79. The highest BCUT2D eigenvalue weighted by molar-refractivity contribution is 9.10. The molecule has 0 radical (unpaired) electrons. The maximum Gasteiger partial charge on any atom is 0.254 e. The Morgan fingerprint density at radius 1 is 1.05 bits per heavy atom. The molecule has 0 N–H and O–H groups in total. The molecule has 0 atom stereocenters. The van der Waals surface area contributed by atoms with Gasteiger partial charge in [-0.2, -0.15) is 0 Å². The number of aromatic nitrogens is 2. The molecule has 2 aromatic carbocycles. The number of ether oxygens (including phenoxy) is 1. The van der Waals surface area contributed by atoms with Crippen molar-refractivity contribution < 1.29 is 9.15 Å². The Morgan fingerprint density at radius 2 is 1.86 bits per heavy atom. The molecule has 0 saturated heterocycles. The Bertz CT molecular complexity index is 808. The molecule has 4 nitrogen and oxygen atoms in total. The summed E-state index contributed by atoms with van der Waals surface area (Å²) in [6, 6.07) is 12.8. The topological polar surface area (TPSA) is 48.2 Å². The van der Waals surface area contributed by atoms with Crippen molar-refractivity contribution in [1.82, 2.24) is 10.2 Å². The molecule has 0 saturated carbocycles. The van der Waals surface area contributed by atoms with E-state index in [0.717, 1.165) is 10.0 Å². The number of nitrogens with zero attached hydrogens (tertiary/aromatic N) is 2. The van der Waals surface area contributed by atoms with Crippen molar-refractivity contribution in [1.29, 1.82) is 0 Å². The summed E-state index contributed by atoms with van der Waals surface area (Å²) in [6.07, 6.45) is 0. The summed E-state index contributed by atoms with van der Waals surface area (Å²) in [6.45, 7) is 0.109. The fourth-order valence-corrected chi connectivity index (χ4v) is 2.59. The van der Waals surface area contributed by atoms with Crippen LogP contribution >= 0.6 is 39.1 Å². The van der Waals surface area contributed by atoms with E-state index in [1.54, 1.807) is 18.2 Å². The van der Waals surface area contributed by atoms with Gasteiger partial charge in [-0.15, -0.1) is 10.2 Å². The molecule has 0 unspecified atom stereocenters. The van der Waals surface area contributed by atoms with E-state index in [4.69, 9.17) is 32.4 Å². The molecule has 0 amide bonds. The van der Waals surface area contributed by atoms with E-state index in [1.165, 1.54) is 0 Å². The Balaban J connectivity index is 1.75. The van der Waals surface area contributed by atoms with Crippen LogP contribution in [0.1, 0.15) is 5.89 Å². The molecular weight excluding hydrogens is 391 g/mol. The standard InChI is InChI=1S/C15H9BrCl2N2O2/c16-10-5-2-1-4-9(10)15-20-19-13(22-15)8-21-12-7-3-6-11(17)14(12)18/h1-7H,8H2. The van der Waals surface area contributed by atoms with Gasteiger partial charge in [0, 0.05) is 4.47 Å². The molecule has 7 heteroatoms. The Kier molecular flexibility index (Phi) is 4.66. The predicted octanol–water partition coefficient (Wildman–Crippen LogP) is 5.38. The van der Waals surface area contributed by atoms with Crippen LogP contribution in [0.3, 0.4) is 0 Å². The van der Waals surface area contributed by atoms with Gasteiger partial charge in [0.15, 0.2) is 6.61 Å². The smallest absolute Gasteiger partial charge is 0.254 e. The number of benzene rings is 2. The molecule has 22 heavy (non-hydrogen) atoms. The zero-order chi connectivity index (χ0) is 15.5. The van der Waals surface area contributed by atoms with Gasteiger partial charge in [0.05, 0.1) is 10.6 Å². The van der Waals surface area contributed by atoms with Crippen molar-refractivity contribution in [3.05, 3.63) is 62.9 Å². The highest BCUT2D eigenvalue weighted by Gasteiger charge is 2.12. The summed E-state index contributed by atoms with van der Waals surface area (Å²) in [7, 11) is 0. The first-order chi connectivity index (χ1) is 10.6. The minimum Gasteiger partial charge on any atom is -0.482 e. The second kappa shape index (κ2) is 6.69. The highest BCUT2D eigenvalue weighted by Crippen LogP contribution is 2.32. The fraction of sp³-hybridized carbons (Fsp3) is 0.0667. The largest absolute Gasteiger partial charge is 0.482 e. The minimum absolute atomic E-state index is 0.109. The molecule has 3 rings (SSSR count). The molecule has 0 fully saturated rings. The van der Waals surface area contributed by atoms with Crippen LogP contribution in [0.25, 0.3) is 11.5 Å². The van der Waals surface area contributed by atoms with Gasteiger partial charge in [-0.25, -0.2) is 0 Å². The van der Waals surface area contributed by atoms with Gasteiger partial charge in [-0.1, -0.05) is 41.4 Å². The van der Waals surface area contributed by atoms with Gasteiger partial charge in [0.2, 0.25) is 5.89 Å². The number of rotatable bonds is 4. The quantitative estimate of drug-likeness (QED) is 0.590. The molecule has 0 aliphatic carbocycles. The lowest BCUT2D eigenvalue weighted by Gasteiger charge is -2.06. The second-order valence-electron chi connectivity index (χ2n) is 4.32. The number of hydrogen-bond donors (Lipinski definition) is 0. The first kappa shape index (κ1) is 15.3. The summed E-state index contributed by atoms with van der Waals surface area (Å²) in [5.74, 6) is 1.24. The second-order valence-corrected chi connectivity index (χ2v) is 5.96. The van der Waals surface area contributed by atoms with Crippen molar-refractivity contribution in [2.45, 2.75) is 6.61 Å². The van der Waals surface area contributed by atoms with Crippen molar-refractivity contribution >= 4 is 39.1 Å². The maximum atomic E-state index is 6.05. The molecule has 3 aromatic rings. The molecular formula is C15H9BrCl2N2O2. The van der Waals surface area contributed by atoms with Gasteiger partial charge in [0.25, 0.3) is 5.89 Å². The van der Waals surface area contributed by atoms with E-state index >= 15 is 0 Å². The first-order valence-corrected chi connectivity index (χ1v) is 7.84. The lowest BCUT2D eigenvalue weighted by molar-refractivity contribution is 0.264. The van der Waals surface area contributed by atoms with Crippen molar-refractivity contribution in [2.75, 3.05) is 0 Å². The van der Waals surface area contributed by atoms with E-state index < -0.39 is 0 Å². The highest BCUT2D eigenvalue weighted by atomic mass is 79.9. The first-order valence-electron chi connectivity index (χ1n) is 6.29. The van der Waals surface area contributed by atoms with Crippen LogP contribution < -0.4 is 4.74 Å². The van der Waals surface area contributed by atoms with Crippen LogP contribution in [0, 0.1) is 0 Å². The maximum absolute atomic E-state index is 6.05. The molecule has 0 spiro atoms. The van der Waals surface area contributed by atoms with Crippen molar-refractivity contribution in [3.8, 4) is 17.2 Å². The summed E-state index contributed by atoms with van der Waals surface area (Å²) in [5, 5.41) is 8.76. The van der Waals surface area contributed by atoms with Crippen LogP contribution in [0.15, 0.2) is 51.4 Å². The molecule has 1 heterocycles. The minimum atomic E-state index is 0.109. The normalized spacial score (nSPS) is 10.7. The number of halogens is 3. The third-order valence-electron chi connectivity index (χ3n) is 2.84. The molecule has 0 aliphatic heterocycles.